The molecule has 0 heterocycles. The molecule has 0 bridgehead atoms. The first-order valence-corrected chi connectivity index (χ1v) is 6.61. The molecule has 0 aliphatic heterocycles. The Labute approximate surface area is 112 Å². The SMILES string of the molecule is NC(=O)c1ccc(Cl)cc1NCCCNC1CC1. The van der Waals surface area contributed by atoms with Crippen LogP contribution in [0.1, 0.15) is 29.6 Å². The Balaban J connectivity index is 1.82. The Morgan fingerprint density at radius 2 is 2.17 bits per heavy atom. The van der Waals surface area contributed by atoms with Crippen LogP contribution >= 0.6 is 11.6 Å². The first-order valence-electron chi connectivity index (χ1n) is 6.23. The van der Waals surface area contributed by atoms with E-state index >= 15 is 0 Å². The summed E-state index contributed by atoms with van der Waals surface area (Å²) in [6.45, 7) is 1.78. The summed E-state index contributed by atoms with van der Waals surface area (Å²) in [5.41, 5.74) is 6.50. The van der Waals surface area contributed by atoms with E-state index in [1.54, 1.807) is 18.2 Å². The molecule has 1 fully saturated rings. The third-order valence-electron chi connectivity index (χ3n) is 2.93. The van der Waals surface area contributed by atoms with E-state index in [2.05, 4.69) is 10.6 Å². The van der Waals surface area contributed by atoms with Gasteiger partial charge < -0.3 is 16.4 Å². The molecule has 0 unspecified atom stereocenters. The number of hydrogen-bond donors (Lipinski definition) is 3. The highest BCUT2D eigenvalue weighted by Gasteiger charge is 2.19. The normalized spacial score (nSPS) is 14.5. The Bertz CT molecular complexity index is 432. The van der Waals surface area contributed by atoms with E-state index < -0.39 is 5.91 Å². The van der Waals surface area contributed by atoms with E-state index in [0.29, 0.717) is 16.3 Å². The lowest BCUT2D eigenvalue weighted by molar-refractivity contribution is 0.100. The predicted molar refractivity (Wildman–Crippen MR) is 74.1 cm³/mol. The molecule has 1 aromatic rings. The molecule has 1 amide bonds. The van der Waals surface area contributed by atoms with Crippen LogP contribution in [0, 0.1) is 0 Å². The van der Waals surface area contributed by atoms with Gasteiger partial charge in [-0.25, -0.2) is 0 Å². The molecule has 1 aliphatic rings. The number of carbonyl (C=O) groups excluding carboxylic acids is 1. The molecule has 18 heavy (non-hydrogen) atoms. The van der Waals surface area contributed by atoms with E-state index in [9.17, 15) is 4.79 Å². The summed E-state index contributed by atoms with van der Waals surface area (Å²) in [7, 11) is 0. The van der Waals surface area contributed by atoms with Crippen molar-refractivity contribution in [2.45, 2.75) is 25.3 Å². The number of carbonyl (C=O) groups is 1. The molecule has 0 radical (unpaired) electrons. The fourth-order valence-electron chi connectivity index (χ4n) is 1.78. The van der Waals surface area contributed by atoms with Gasteiger partial charge in [0.05, 0.1) is 5.56 Å². The number of nitrogens with two attached hydrogens (primary N) is 1. The zero-order valence-electron chi connectivity index (χ0n) is 10.2. The summed E-state index contributed by atoms with van der Waals surface area (Å²) in [6, 6.07) is 5.78. The van der Waals surface area contributed by atoms with Crippen molar-refractivity contribution in [2.75, 3.05) is 18.4 Å². The summed E-state index contributed by atoms with van der Waals surface area (Å²) in [6.07, 6.45) is 3.60. The molecule has 5 heteroatoms. The number of benzene rings is 1. The van der Waals surface area contributed by atoms with Gasteiger partial charge in [-0.1, -0.05) is 11.6 Å². The molecule has 4 nitrogen and oxygen atoms in total. The Hall–Kier alpha value is -1.26. The van der Waals surface area contributed by atoms with E-state index in [-0.39, 0.29) is 0 Å². The monoisotopic (exact) mass is 267 g/mol. The second-order valence-electron chi connectivity index (χ2n) is 4.56. The van der Waals surface area contributed by atoms with Crippen molar-refractivity contribution in [3.8, 4) is 0 Å². The largest absolute Gasteiger partial charge is 0.384 e. The third-order valence-corrected chi connectivity index (χ3v) is 3.16. The van der Waals surface area contributed by atoms with Crippen LogP contribution in [-0.4, -0.2) is 25.0 Å². The number of anilines is 1. The second kappa shape index (κ2) is 6.07. The van der Waals surface area contributed by atoms with Gasteiger partial charge in [0.1, 0.15) is 0 Å². The number of halogens is 1. The van der Waals surface area contributed by atoms with Crippen molar-refractivity contribution < 1.29 is 4.79 Å². The predicted octanol–water partition coefficient (Wildman–Crippen LogP) is 1.99. The van der Waals surface area contributed by atoms with Crippen molar-refractivity contribution >= 4 is 23.2 Å². The van der Waals surface area contributed by atoms with Crippen molar-refractivity contribution in [3.63, 3.8) is 0 Å². The maximum Gasteiger partial charge on any atom is 0.250 e. The minimum absolute atomic E-state index is 0.440. The molecule has 0 spiro atoms. The average Bonchev–Trinajstić information content (AvgIpc) is 3.12. The van der Waals surface area contributed by atoms with Crippen molar-refractivity contribution in [2.24, 2.45) is 5.73 Å². The highest BCUT2D eigenvalue weighted by Crippen LogP contribution is 2.21. The molecule has 0 saturated heterocycles. The number of hydrogen-bond acceptors (Lipinski definition) is 3. The van der Waals surface area contributed by atoms with E-state index in [4.69, 9.17) is 17.3 Å². The maximum absolute atomic E-state index is 11.2. The molecule has 0 aromatic heterocycles. The van der Waals surface area contributed by atoms with Crippen LogP contribution in [0.2, 0.25) is 5.02 Å². The number of nitrogens with one attached hydrogen (secondary N) is 2. The highest BCUT2D eigenvalue weighted by molar-refractivity contribution is 6.31. The third kappa shape index (κ3) is 3.89. The van der Waals surface area contributed by atoms with Crippen LogP contribution < -0.4 is 16.4 Å². The zero-order chi connectivity index (χ0) is 13.0. The topological polar surface area (TPSA) is 67.2 Å². The Morgan fingerprint density at radius 1 is 1.39 bits per heavy atom. The van der Waals surface area contributed by atoms with Gasteiger partial charge in [-0.2, -0.15) is 0 Å². The molecule has 98 valence electrons. The minimum Gasteiger partial charge on any atom is -0.384 e. The molecule has 1 aromatic carbocycles. The van der Waals surface area contributed by atoms with Crippen LogP contribution in [0.3, 0.4) is 0 Å². The van der Waals surface area contributed by atoms with Gasteiger partial charge in [0.15, 0.2) is 0 Å². The van der Waals surface area contributed by atoms with Crippen LogP contribution in [0.25, 0.3) is 0 Å². The standard InChI is InChI=1S/C13H18ClN3O/c14-9-2-5-11(13(15)18)12(8-9)17-7-1-6-16-10-3-4-10/h2,5,8,10,16-17H,1,3-4,6-7H2,(H2,15,18). The highest BCUT2D eigenvalue weighted by atomic mass is 35.5. The molecular weight excluding hydrogens is 250 g/mol. The van der Waals surface area contributed by atoms with Crippen LogP contribution in [0.15, 0.2) is 18.2 Å². The van der Waals surface area contributed by atoms with E-state index in [0.717, 1.165) is 25.6 Å². The molecule has 2 rings (SSSR count). The van der Waals surface area contributed by atoms with Gasteiger partial charge in [-0.3, -0.25) is 4.79 Å². The van der Waals surface area contributed by atoms with Crippen LogP contribution in [-0.2, 0) is 0 Å². The fourth-order valence-corrected chi connectivity index (χ4v) is 1.95. The van der Waals surface area contributed by atoms with E-state index in [1.807, 2.05) is 0 Å². The van der Waals surface area contributed by atoms with Gasteiger partial charge in [0.25, 0.3) is 5.91 Å². The smallest absolute Gasteiger partial charge is 0.250 e. The molecule has 4 N–H and O–H groups in total. The molecule has 1 aliphatic carbocycles. The quantitative estimate of drug-likeness (QED) is 0.662. The average molecular weight is 268 g/mol. The van der Waals surface area contributed by atoms with Crippen LogP contribution in [0.5, 0.6) is 0 Å². The van der Waals surface area contributed by atoms with Crippen molar-refractivity contribution in [3.05, 3.63) is 28.8 Å². The van der Waals surface area contributed by atoms with Gasteiger partial charge in [-0.15, -0.1) is 0 Å². The van der Waals surface area contributed by atoms with Gasteiger partial charge in [0.2, 0.25) is 0 Å². The number of primary amides is 1. The van der Waals surface area contributed by atoms with Gasteiger partial charge >= 0.3 is 0 Å². The molecule has 0 atom stereocenters. The Kier molecular flexibility index (Phi) is 4.44. The van der Waals surface area contributed by atoms with Gasteiger partial charge in [0, 0.05) is 23.3 Å². The first kappa shape index (κ1) is 13.2. The maximum atomic E-state index is 11.2. The Morgan fingerprint density at radius 3 is 2.83 bits per heavy atom. The fraction of sp³-hybridized carbons (Fsp3) is 0.462. The summed E-state index contributed by atoms with van der Waals surface area (Å²) in [5.74, 6) is -0.440. The lowest BCUT2D eigenvalue weighted by atomic mass is 10.1. The first-order chi connectivity index (χ1) is 8.66. The van der Waals surface area contributed by atoms with Crippen molar-refractivity contribution in [1.82, 2.24) is 5.32 Å². The summed E-state index contributed by atoms with van der Waals surface area (Å²) >= 11 is 5.91. The summed E-state index contributed by atoms with van der Waals surface area (Å²) < 4.78 is 0. The molecule has 1 saturated carbocycles. The lowest BCUT2D eigenvalue weighted by Crippen LogP contribution is -2.20. The van der Waals surface area contributed by atoms with Crippen LogP contribution in [0.4, 0.5) is 5.69 Å². The summed E-state index contributed by atoms with van der Waals surface area (Å²) in [4.78, 5) is 11.2. The molecular formula is C13H18ClN3O. The van der Waals surface area contributed by atoms with Gasteiger partial charge in [-0.05, 0) is 44.0 Å². The second-order valence-corrected chi connectivity index (χ2v) is 5.00. The summed E-state index contributed by atoms with van der Waals surface area (Å²) in [5, 5.41) is 7.23. The van der Waals surface area contributed by atoms with Crippen molar-refractivity contribution in [1.29, 1.82) is 0 Å². The minimum atomic E-state index is -0.440. The zero-order valence-corrected chi connectivity index (χ0v) is 11.0. The number of rotatable bonds is 7. The van der Waals surface area contributed by atoms with E-state index in [1.165, 1.54) is 12.8 Å². The lowest BCUT2D eigenvalue weighted by Gasteiger charge is -2.10. The number of amides is 1.